The second-order valence-corrected chi connectivity index (χ2v) is 6.37. The Kier molecular flexibility index (Phi) is 5.79. The molecule has 25 heavy (non-hydrogen) atoms. The summed E-state index contributed by atoms with van der Waals surface area (Å²) in [5.41, 5.74) is 2.88. The summed E-state index contributed by atoms with van der Waals surface area (Å²) in [7, 11) is 0. The molecule has 0 amide bonds. The van der Waals surface area contributed by atoms with Crippen molar-refractivity contribution in [3.05, 3.63) is 93.7 Å². The molecule has 0 aliphatic carbocycles. The number of ether oxygens (including phenoxy) is 1. The van der Waals surface area contributed by atoms with Crippen LogP contribution in [0, 0.1) is 5.82 Å². The van der Waals surface area contributed by atoms with Crippen LogP contribution < -0.4 is 10.1 Å². The molecule has 0 saturated heterocycles. The lowest BCUT2D eigenvalue weighted by atomic mass is 10.2. The Balaban J connectivity index is 1.54. The van der Waals surface area contributed by atoms with Crippen LogP contribution in [0.5, 0.6) is 5.75 Å². The maximum atomic E-state index is 13.0. The van der Waals surface area contributed by atoms with Gasteiger partial charge in [0.1, 0.15) is 18.2 Å². The van der Waals surface area contributed by atoms with Crippen LogP contribution in [0.15, 0.2) is 66.7 Å². The Bertz CT molecular complexity index is 835. The van der Waals surface area contributed by atoms with Gasteiger partial charge in [-0.3, -0.25) is 0 Å². The Morgan fingerprint density at radius 2 is 1.60 bits per heavy atom. The highest BCUT2D eigenvalue weighted by Crippen LogP contribution is 2.21. The molecule has 0 aliphatic rings. The van der Waals surface area contributed by atoms with E-state index in [-0.39, 0.29) is 5.82 Å². The van der Waals surface area contributed by atoms with Gasteiger partial charge < -0.3 is 10.1 Å². The lowest BCUT2D eigenvalue weighted by Gasteiger charge is -2.10. The van der Waals surface area contributed by atoms with Gasteiger partial charge in [0.25, 0.3) is 0 Å². The third kappa shape index (κ3) is 5.12. The van der Waals surface area contributed by atoms with Crippen LogP contribution >= 0.6 is 23.2 Å². The van der Waals surface area contributed by atoms with Gasteiger partial charge >= 0.3 is 0 Å². The Hall–Kier alpha value is -2.23. The highest BCUT2D eigenvalue weighted by Gasteiger charge is 2.03. The van der Waals surface area contributed by atoms with Crippen molar-refractivity contribution in [2.24, 2.45) is 0 Å². The molecule has 0 radical (unpaired) electrons. The smallest absolute Gasteiger partial charge is 0.124 e. The van der Waals surface area contributed by atoms with Gasteiger partial charge in [0.05, 0.1) is 5.02 Å². The average molecular weight is 376 g/mol. The molecule has 0 unspecified atom stereocenters. The van der Waals surface area contributed by atoms with Gasteiger partial charge in [0.2, 0.25) is 0 Å². The van der Waals surface area contributed by atoms with E-state index in [1.165, 1.54) is 12.1 Å². The van der Waals surface area contributed by atoms with E-state index >= 15 is 0 Å². The number of halogens is 3. The zero-order valence-electron chi connectivity index (χ0n) is 13.3. The van der Waals surface area contributed by atoms with Gasteiger partial charge in [-0.05, 0) is 54.1 Å². The standard InChI is InChI=1S/C20H16Cl2FNO/c21-16-4-7-18(8-5-16)24-12-14-1-9-19(10-2-14)25-13-15-3-6-17(23)11-20(15)22/h1-11,24H,12-13H2. The fourth-order valence-corrected chi connectivity index (χ4v) is 2.62. The first-order chi connectivity index (χ1) is 12.1. The minimum absolute atomic E-state index is 0.293. The zero-order valence-corrected chi connectivity index (χ0v) is 14.8. The average Bonchev–Trinajstić information content (AvgIpc) is 2.61. The molecular formula is C20H16Cl2FNO. The maximum Gasteiger partial charge on any atom is 0.124 e. The fraction of sp³-hybridized carbons (Fsp3) is 0.100. The molecule has 0 atom stereocenters. The predicted molar refractivity (Wildman–Crippen MR) is 101 cm³/mol. The molecule has 0 fully saturated rings. The maximum absolute atomic E-state index is 13.0. The van der Waals surface area contributed by atoms with E-state index in [4.69, 9.17) is 27.9 Å². The molecular weight excluding hydrogens is 360 g/mol. The van der Waals surface area contributed by atoms with E-state index in [2.05, 4.69) is 5.32 Å². The normalized spacial score (nSPS) is 10.5. The monoisotopic (exact) mass is 375 g/mol. The molecule has 1 N–H and O–H groups in total. The quantitative estimate of drug-likeness (QED) is 0.543. The molecule has 3 aromatic carbocycles. The summed E-state index contributed by atoms with van der Waals surface area (Å²) in [6, 6.07) is 19.6. The van der Waals surface area contributed by atoms with Gasteiger partial charge in [0.15, 0.2) is 0 Å². The second-order valence-electron chi connectivity index (χ2n) is 5.53. The van der Waals surface area contributed by atoms with Crippen LogP contribution in [0.3, 0.4) is 0 Å². The fourth-order valence-electron chi connectivity index (χ4n) is 2.28. The predicted octanol–water partition coefficient (Wildman–Crippen LogP) is 6.32. The Morgan fingerprint density at radius 3 is 2.28 bits per heavy atom. The van der Waals surface area contributed by atoms with Gasteiger partial charge in [-0.15, -0.1) is 0 Å². The molecule has 0 spiro atoms. The first-order valence-electron chi connectivity index (χ1n) is 7.75. The molecule has 3 rings (SSSR count). The van der Waals surface area contributed by atoms with Crippen molar-refractivity contribution in [3.8, 4) is 5.75 Å². The van der Waals surface area contributed by atoms with E-state index in [1.54, 1.807) is 6.07 Å². The van der Waals surface area contributed by atoms with Crippen molar-refractivity contribution in [1.29, 1.82) is 0 Å². The highest BCUT2D eigenvalue weighted by atomic mass is 35.5. The molecule has 0 bridgehead atoms. The highest BCUT2D eigenvalue weighted by molar-refractivity contribution is 6.31. The molecule has 0 aliphatic heterocycles. The molecule has 0 saturated carbocycles. The molecule has 3 aromatic rings. The first kappa shape index (κ1) is 17.6. The molecule has 5 heteroatoms. The van der Waals surface area contributed by atoms with E-state index in [0.29, 0.717) is 23.2 Å². The number of hydrogen-bond donors (Lipinski definition) is 1. The number of benzene rings is 3. The summed E-state index contributed by atoms with van der Waals surface area (Å²) in [5.74, 6) is 0.377. The van der Waals surface area contributed by atoms with Crippen molar-refractivity contribution in [1.82, 2.24) is 0 Å². The Morgan fingerprint density at radius 1 is 0.880 bits per heavy atom. The van der Waals surface area contributed by atoms with Gasteiger partial charge in [-0.2, -0.15) is 0 Å². The van der Waals surface area contributed by atoms with Gasteiger partial charge in [-0.1, -0.05) is 41.4 Å². The summed E-state index contributed by atoms with van der Waals surface area (Å²) in [6.45, 7) is 0.993. The summed E-state index contributed by atoms with van der Waals surface area (Å²) >= 11 is 11.9. The van der Waals surface area contributed by atoms with Crippen LogP contribution in [-0.2, 0) is 13.2 Å². The van der Waals surface area contributed by atoms with Gasteiger partial charge in [-0.25, -0.2) is 4.39 Å². The Labute approximate surface area is 156 Å². The van der Waals surface area contributed by atoms with Crippen molar-refractivity contribution in [3.63, 3.8) is 0 Å². The molecule has 2 nitrogen and oxygen atoms in total. The van der Waals surface area contributed by atoms with E-state index in [9.17, 15) is 4.39 Å². The van der Waals surface area contributed by atoms with Gasteiger partial charge in [0, 0.05) is 22.8 Å². The van der Waals surface area contributed by atoms with Crippen molar-refractivity contribution >= 4 is 28.9 Å². The van der Waals surface area contributed by atoms with Crippen LogP contribution in [0.25, 0.3) is 0 Å². The number of rotatable bonds is 6. The van der Waals surface area contributed by atoms with Crippen LogP contribution in [0.1, 0.15) is 11.1 Å². The van der Waals surface area contributed by atoms with Crippen molar-refractivity contribution in [2.45, 2.75) is 13.2 Å². The number of hydrogen-bond acceptors (Lipinski definition) is 2. The van der Waals surface area contributed by atoms with Crippen LogP contribution in [0.4, 0.5) is 10.1 Å². The summed E-state index contributed by atoms with van der Waals surface area (Å²) in [4.78, 5) is 0. The van der Waals surface area contributed by atoms with E-state index in [1.807, 2.05) is 48.5 Å². The zero-order chi connectivity index (χ0) is 17.6. The first-order valence-corrected chi connectivity index (χ1v) is 8.51. The minimum Gasteiger partial charge on any atom is -0.489 e. The lowest BCUT2D eigenvalue weighted by molar-refractivity contribution is 0.306. The van der Waals surface area contributed by atoms with Crippen LogP contribution in [-0.4, -0.2) is 0 Å². The number of nitrogens with one attached hydrogen (secondary N) is 1. The largest absolute Gasteiger partial charge is 0.489 e. The van der Waals surface area contributed by atoms with E-state index in [0.717, 1.165) is 22.6 Å². The summed E-state index contributed by atoms with van der Waals surface area (Å²) < 4.78 is 18.7. The molecule has 128 valence electrons. The summed E-state index contributed by atoms with van der Waals surface area (Å²) in [6.07, 6.45) is 0. The SMILES string of the molecule is Fc1ccc(COc2ccc(CNc3ccc(Cl)cc3)cc2)c(Cl)c1. The molecule has 0 heterocycles. The number of anilines is 1. The van der Waals surface area contributed by atoms with E-state index < -0.39 is 0 Å². The molecule has 0 aromatic heterocycles. The lowest BCUT2D eigenvalue weighted by Crippen LogP contribution is -2.00. The minimum atomic E-state index is -0.355. The van der Waals surface area contributed by atoms with Crippen LogP contribution in [0.2, 0.25) is 10.0 Å². The second kappa shape index (κ2) is 8.24. The third-order valence-corrected chi connectivity index (χ3v) is 4.28. The third-order valence-electron chi connectivity index (χ3n) is 3.67. The topological polar surface area (TPSA) is 21.3 Å². The summed E-state index contributed by atoms with van der Waals surface area (Å²) in [5, 5.41) is 4.41. The van der Waals surface area contributed by atoms with Crippen molar-refractivity contribution < 1.29 is 9.13 Å². The van der Waals surface area contributed by atoms with Crippen molar-refractivity contribution in [2.75, 3.05) is 5.32 Å².